The van der Waals surface area contributed by atoms with Gasteiger partial charge in [-0.2, -0.15) is 13.2 Å². The minimum absolute atomic E-state index is 0.0589. The number of nitrogens with zero attached hydrogens (tertiary/aromatic N) is 2. The highest BCUT2D eigenvalue weighted by Gasteiger charge is 2.36. The molecule has 4 nitrogen and oxygen atoms in total. The van der Waals surface area contributed by atoms with E-state index in [1.807, 2.05) is 6.92 Å². The molecular formula is C22H19F5N2O2. The van der Waals surface area contributed by atoms with Crippen LogP contribution in [-0.2, 0) is 12.6 Å². The Morgan fingerprint density at radius 1 is 1.16 bits per heavy atom. The fraction of sp³-hybridized carbons (Fsp3) is 0.364. The van der Waals surface area contributed by atoms with Crippen LogP contribution in [-0.4, -0.2) is 34.8 Å². The normalized spacial score (nSPS) is 16.6. The minimum atomic E-state index is -4.56. The molecule has 9 heteroatoms. The summed E-state index contributed by atoms with van der Waals surface area (Å²) in [5.74, 6) is -2.65. The van der Waals surface area contributed by atoms with Gasteiger partial charge in [-0.05, 0) is 30.3 Å². The van der Waals surface area contributed by atoms with Crippen LogP contribution >= 0.6 is 0 Å². The topological polar surface area (TPSA) is 46.3 Å². The second-order valence-corrected chi connectivity index (χ2v) is 7.58. The summed E-state index contributed by atoms with van der Waals surface area (Å²) in [6, 6.07) is 6.55. The molecule has 1 saturated heterocycles. The van der Waals surface area contributed by atoms with Crippen LogP contribution in [0.2, 0.25) is 0 Å². The molecule has 3 heterocycles. The van der Waals surface area contributed by atoms with E-state index in [1.165, 1.54) is 23.2 Å². The Bertz CT molecular complexity index is 1110. The summed E-state index contributed by atoms with van der Waals surface area (Å²) in [6.07, 6.45) is -3.57. The fourth-order valence-electron chi connectivity index (χ4n) is 3.64. The fourth-order valence-corrected chi connectivity index (χ4v) is 3.64. The number of aromatic nitrogens is 1. The lowest BCUT2D eigenvalue weighted by atomic mass is 10.0. The first-order valence-electron chi connectivity index (χ1n) is 9.84. The number of furan rings is 1. The van der Waals surface area contributed by atoms with Gasteiger partial charge >= 0.3 is 6.18 Å². The molecule has 0 aliphatic carbocycles. The molecule has 2 aromatic heterocycles. The molecule has 1 amide bonds. The first-order valence-corrected chi connectivity index (χ1v) is 9.84. The van der Waals surface area contributed by atoms with Crippen molar-refractivity contribution in [1.29, 1.82) is 0 Å². The number of carbonyl (C=O) groups excluding carboxylic acids is 1. The molecule has 1 aliphatic rings. The molecule has 0 unspecified atom stereocenters. The summed E-state index contributed by atoms with van der Waals surface area (Å²) in [7, 11) is 0. The van der Waals surface area contributed by atoms with E-state index in [9.17, 15) is 26.7 Å². The summed E-state index contributed by atoms with van der Waals surface area (Å²) in [5, 5.41) is 0.495. The number of amides is 1. The molecule has 0 atom stereocenters. The molecule has 3 aromatic rings. The number of halogens is 5. The van der Waals surface area contributed by atoms with Crippen LogP contribution in [0.5, 0.6) is 0 Å². The number of benzene rings is 1. The Hall–Kier alpha value is -2.97. The van der Waals surface area contributed by atoms with Crippen molar-refractivity contribution in [3.8, 4) is 11.3 Å². The summed E-state index contributed by atoms with van der Waals surface area (Å²) in [6.45, 7) is 1.71. The molecule has 1 aliphatic heterocycles. The number of hydrogen-bond donors (Lipinski definition) is 0. The highest BCUT2D eigenvalue weighted by Crippen LogP contribution is 2.38. The van der Waals surface area contributed by atoms with E-state index in [-0.39, 0.29) is 35.5 Å². The van der Waals surface area contributed by atoms with Crippen LogP contribution in [0.1, 0.15) is 41.4 Å². The zero-order chi connectivity index (χ0) is 22.4. The second kappa shape index (κ2) is 7.62. The number of fused-ring (bicyclic) bond motifs is 1. The molecule has 0 N–H and O–H groups in total. The molecule has 0 bridgehead atoms. The Balaban J connectivity index is 1.67. The van der Waals surface area contributed by atoms with Crippen LogP contribution in [0, 0.1) is 0 Å². The number of alkyl halides is 5. The van der Waals surface area contributed by atoms with E-state index in [4.69, 9.17) is 4.42 Å². The summed E-state index contributed by atoms with van der Waals surface area (Å²) >= 11 is 0. The number of aryl methyl sites for hydroxylation is 1. The molecule has 1 aromatic carbocycles. The Morgan fingerprint density at radius 3 is 2.45 bits per heavy atom. The number of piperidine rings is 1. The van der Waals surface area contributed by atoms with Gasteiger partial charge in [0.25, 0.3) is 11.8 Å². The lowest BCUT2D eigenvalue weighted by Crippen LogP contribution is -2.42. The minimum Gasteiger partial charge on any atom is -0.461 e. The third kappa shape index (κ3) is 4.26. The number of carbonyl (C=O) groups is 1. The molecule has 0 spiro atoms. The largest absolute Gasteiger partial charge is 0.461 e. The van der Waals surface area contributed by atoms with Crippen LogP contribution in [0.4, 0.5) is 22.0 Å². The number of likely N-dealkylation sites (tertiary alicyclic amines) is 1. The van der Waals surface area contributed by atoms with Gasteiger partial charge in [0, 0.05) is 49.5 Å². The predicted molar refractivity (Wildman–Crippen MR) is 104 cm³/mol. The maximum Gasteiger partial charge on any atom is 0.416 e. The molecule has 0 radical (unpaired) electrons. The lowest BCUT2D eigenvalue weighted by molar-refractivity contribution is -0.137. The van der Waals surface area contributed by atoms with Crippen molar-refractivity contribution in [2.24, 2.45) is 0 Å². The van der Waals surface area contributed by atoms with Crippen molar-refractivity contribution in [2.45, 2.75) is 38.3 Å². The summed E-state index contributed by atoms with van der Waals surface area (Å²) in [4.78, 5) is 18.1. The van der Waals surface area contributed by atoms with Crippen LogP contribution in [0.15, 0.2) is 40.9 Å². The van der Waals surface area contributed by atoms with E-state index < -0.39 is 36.4 Å². The van der Waals surface area contributed by atoms with Gasteiger partial charge < -0.3 is 9.32 Å². The van der Waals surface area contributed by atoms with Crippen molar-refractivity contribution < 1.29 is 31.2 Å². The monoisotopic (exact) mass is 438 g/mol. The predicted octanol–water partition coefficient (Wildman–Crippen LogP) is 5.95. The van der Waals surface area contributed by atoms with Crippen molar-refractivity contribution in [3.05, 3.63) is 53.4 Å². The van der Waals surface area contributed by atoms with Crippen LogP contribution in [0.25, 0.3) is 22.2 Å². The average molecular weight is 438 g/mol. The maximum absolute atomic E-state index is 13.4. The molecule has 31 heavy (non-hydrogen) atoms. The van der Waals surface area contributed by atoms with Gasteiger partial charge in [-0.15, -0.1) is 0 Å². The second-order valence-electron chi connectivity index (χ2n) is 7.58. The first kappa shape index (κ1) is 21.3. The van der Waals surface area contributed by atoms with E-state index in [0.29, 0.717) is 17.6 Å². The average Bonchev–Trinajstić information content (AvgIpc) is 3.15. The Labute approximate surface area is 174 Å². The zero-order valence-electron chi connectivity index (χ0n) is 16.6. The highest BCUT2D eigenvalue weighted by atomic mass is 19.4. The van der Waals surface area contributed by atoms with Gasteiger partial charge in [0.15, 0.2) is 0 Å². The quantitative estimate of drug-likeness (QED) is 0.475. The van der Waals surface area contributed by atoms with Crippen molar-refractivity contribution >= 4 is 16.9 Å². The van der Waals surface area contributed by atoms with Crippen LogP contribution in [0.3, 0.4) is 0 Å². The van der Waals surface area contributed by atoms with E-state index in [1.54, 1.807) is 6.07 Å². The number of hydrogen-bond acceptors (Lipinski definition) is 3. The smallest absolute Gasteiger partial charge is 0.416 e. The van der Waals surface area contributed by atoms with Gasteiger partial charge in [-0.1, -0.05) is 6.92 Å². The van der Waals surface area contributed by atoms with Gasteiger partial charge in [-0.3, -0.25) is 9.78 Å². The molecular weight excluding hydrogens is 419 g/mol. The lowest BCUT2D eigenvalue weighted by Gasteiger charge is -2.31. The van der Waals surface area contributed by atoms with E-state index >= 15 is 0 Å². The van der Waals surface area contributed by atoms with Gasteiger partial charge in [0.05, 0.1) is 16.8 Å². The van der Waals surface area contributed by atoms with E-state index in [0.717, 1.165) is 12.1 Å². The molecule has 4 rings (SSSR count). The maximum atomic E-state index is 13.4. The van der Waals surface area contributed by atoms with Crippen LogP contribution < -0.4 is 0 Å². The molecule has 0 saturated carbocycles. The molecule has 1 fully saturated rings. The third-order valence-electron chi connectivity index (χ3n) is 5.43. The van der Waals surface area contributed by atoms with Crippen molar-refractivity contribution in [2.75, 3.05) is 13.1 Å². The van der Waals surface area contributed by atoms with Crippen molar-refractivity contribution in [1.82, 2.24) is 9.88 Å². The number of pyridine rings is 1. The summed E-state index contributed by atoms with van der Waals surface area (Å²) in [5.41, 5.74) is -0.0640. The van der Waals surface area contributed by atoms with Gasteiger partial charge in [0.2, 0.25) is 0 Å². The van der Waals surface area contributed by atoms with Gasteiger partial charge in [-0.25, -0.2) is 8.78 Å². The summed E-state index contributed by atoms with van der Waals surface area (Å²) < 4.78 is 72.3. The Morgan fingerprint density at radius 2 is 1.87 bits per heavy atom. The molecule has 164 valence electrons. The third-order valence-corrected chi connectivity index (χ3v) is 5.43. The SMILES string of the molecule is CCc1cc2c(-c3ccc(C(=O)N4CCC(F)(F)CC4)cn3)cc(C(F)(F)F)cc2o1. The number of rotatable bonds is 3. The first-order chi connectivity index (χ1) is 14.6. The van der Waals surface area contributed by atoms with Gasteiger partial charge in [0.1, 0.15) is 11.3 Å². The standard InChI is InChI=1S/C22H19F5N2O2/c1-2-15-11-17-16(9-14(22(25,26)27)10-19(17)31-15)18-4-3-13(12-28-18)20(30)29-7-5-21(23,24)6-8-29/h3-4,9-12H,2,5-8H2,1H3. The van der Waals surface area contributed by atoms with Crippen molar-refractivity contribution in [3.63, 3.8) is 0 Å². The Kier molecular flexibility index (Phi) is 5.23. The zero-order valence-corrected chi connectivity index (χ0v) is 16.6. The van der Waals surface area contributed by atoms with E-state index in [2.05, 4.69) is 4.98 Å². The highest BCUT2D eigenvalue weighted by molar-refractivity contribution is 5.96.